The number of carbonyl (C=O) groups excluding carboxylic acids is 2. The molecule has 1 aliphatic carbocycles. The van der Waals surface area contributed by atoms with E-state index in [1.54, 1.807) is 29.9 Å². The minimum Gasteiger partial charge on any atom is -0.453 e. The van der Waals surface area contributed by atoms with Crippen LogP contribution in [0.15, 0.2) is 48.7 Å². The summed E-state index contributed by atoms with van der Waals surface area (Å²) in [5.74, 6) is -0.379. The molecule has 1 saturated carbocycles. The van der Waals surface area contributed by atoms with Gasteiger partial charge in [-0.05, 0) is 82.0 Å². The summed E-state index contributed by atoms with van der Waals surface area (Å²) in [6.07, 6.45) is 7.71. The standard InChI is InChI=1S/C45H51F2N11O4S/c1-5-13-58(43(60)50-27-59)42-31-17-34(47)40(18-39(31)55(4)52-42)57-25-44(26-57)20-29(21-44)56-14-11-45(12-15-56)19-28(24-61-45)38-23-49-36-9-7-30(16-37(36)51-38)62-41-32(22-48)35(10-8-33(41)46)53-63-54(3)6-2/h7-10,16-18,23,27-29,53H,5-6,11-15,19-21,24-26H2,1-4H3,(H,50,59,60). The molecule has 18 heteroatoms. The van der Waals surface area contributed by atoms with Crippen LogP contribution >= 0.6 is 12.1 Å². The number of anilines is 3. The minimum absolute atomic E-state index is 0.0725. The summed E-state index contributed by atoms with van der Waals surface area (Å²) < 4.78 is 50.1. The Balaban J connectivity index is 0.793. The normalized spacial score (nSPS) is 19.3. The van der Waals surface area contributed by atoms with Gasteiger partial charge in [0.15, 0.2) is 17.4 Å². The van der Waals surface area contributed by atoms with Gasteiger partial charge in [-0.15, -0.1) is 0 Å². The molecule has 5 aromatic rings. The highest BCUT2D eigenvalue weighted by molar-refractivity contribution is 7.98. The minimum atomic E-state index is -0.637. The van der Waals surface area contributed by atoms with E-state index in [-0.39, 0.29) is 34.1 Å². The van der Waals surface area contributed by atoms with Crippen LogP contribution in [-0.2, 0) is 16.6 Å². The van der Waals surface area contributed by atoms with Crippen molar-refractivity contribution in [1.82, 2.24) is 34.3 Å². The molecule has 3 amide bonds. The molecule has 2 spiro atoms. The maximum atomic E-state index is 15.7. The number of fused-ring (bicyclic) bond motifs is 2. The van der Waals surface area contributed by atoms with Gasteiger partial charge in [0.25, 0.3) is 0 Å². The summed E-state index contributed by atoms with van der Waals surface area (Å²) in [4.78, 5) is 39.4. The van der Waals surface area contributed by atoms with Crippen molar-refractivity contribution >= 4 is 63.7 Å². The first-order chi connectivity index (χ1) is 30.4. The number of halogens is 2. The zero-order valence-electron chi connectivity index (χ0n) is 35.9. The van der Waals surface area contributed by atoms with Gasteiger partial charge in [0, 0.05) is 93.5 Å². The van der Waals surface area contributed by atoms with Gasteiger partial charge in [-0.3, -0.25) is 24.7 Å². The number of nitrogens with zero attached hydrogens (tertiary/aromatic N) is 9. The average Bonchev–Trinajstić information content (AvgIpc) is 3.81. The number of aryl methyl sites for hydroxylation is 1. The van der Waals surface area contributed by atoms with E-state index in [0.29, 0.717) is 76.9 Å². The fourth-order valence-electron chi connectivity index (χ4n) is 9.84. The number of ether oxygens (including phenoxy) is 2. The number of likely N-dealkylation sites (tertiary alicyclic amines) is 1. The third kappa shape index (κ3) is 8.11. The molecular formula is C45H51F2N11O4S. The van der Waals surface area contributed by atoms with Crippen LogP contribution in [0.3, 0.4) is 0 Å². The number of aromatic nitrogens is 4. The Morgan fingerprint density at radius 3 is 2.62 bits per heavy atom. The number of benzene rings is 3. The third-order valence-corrected chi connectivity index (χ3v) is 14.2. The van der Waals surface area contributed by atoms with Crippen molar-refractivity contribution < 1.29 is 27.8 Å². The molecule has 330 valence electrons. The lowest BCUT2D eigenvalue weighted by molar-refractivity contribution is -0.108. The number of hydrogen-bond donors (Lipinski definition) is 2. The summed E-state index contributed by atoms with van der Waals surface area (Å²) >= 11 is 1.31. The van der Waals surface area contributed by atoms with E-state index in [0.717, 1.165) is 70.5 Å². The topological polar surface area (TPSA) is 157 Å². The van der Waals surface area contributed by atoms with Crippen molar-refractivity contribution in [1.29, 1.82) is 5.26 Å². The molecule has 5 heterocycles. The van der Waals surface area contributed by atoms with Gasteiger partial charge < -0.3 is 24.0 Å². The Morgan fingerprint density at radius 2 is 1.89 bits per heavy atom. The number of amides is 3. The quantitative estimate of drug-likeness (QED) is 0.0888. The molecule has 3 aliphatic heterocycles. The summed E-state index contributed by atoms with van der Waals surface area (Å²) in [5, 5.41) is 17.2. The molecule has 63 heavy (non-hydrogen) atoms. The fourth-order valence-corrected chi connectivity index (χ4v) is 10.4. The highest BCUT2D eigenvalue weighted by Gasteiger charge is 2.55. The Kier molecular flexibility index (Phi) is 11.6. The monoisotopic (exact) mass is 879 g/mol. The van der Waals surface area contributed by atoms with Gasteiger partial charge in [0.05, 0.1) is 45.8 Å². The molecule has 3 saturated heterocycles. The number of urea groups is 1. The van der Waals surface area contributed by atoms with Gasteiger partial charge in [0.2, 0.25) is 6.41 Å². The van der Waals surface area contributed by atoms with Crippen molar-refractivity contribution in [3.05, 3.63) is 71.6 Å². The second-order valence-corrected chi connectivity index (χ2v) is 18.4. The van der Waals surface area contributed by atoms with E-state index in [4.69, 9.17) is 19.4 Å². The first-order valence-electron chi connectivity index (χ1n) is 21.6. The lowest BCUT2D eigenvalue weighted by atomic mass is 9.59. The molecule has 3 aromatic carbocycles. The number of carbonyl (C=O) groups is 2. The Bertz CT molecular complexity index is 2600. The molecule has 0 radical (unpaired) electrons. The van der Waals surface area contributed by atoms with Crippen LogP contribution in [0.4, 0.5) is 30.8 Å². The fraction of sp³-hybridized carbons (Fsp3) is 0.467. The molecular weight excluding hydrogens is 829 g/mol. The van der Waals surface area contributed by atoms with Crippen LogP contribution in [0.1, 0.15) is 69.5 Å². The maximum Gasteiger partial charge on any atom is 0.329 e. The zero-order chi connectivity index (χ0) is 44.0. The molecule has 4 aliphatic rings. The summed E-state index contributed by atoms with van der Waals surface area (Å²) in [7, 11) is 3.68. The number of piperidine rings is 1. The second kappa shape index (κ2) is 17.2. The Labute approximate surface area is 368 Å². The molecule has 4 fully saturated rings. The SMILES string of the molecule is CCCN(C(=O)NC=O)c1nn(C)c2cc(N3CC4(CC(N5CCC6(CC5)CC(c5cnc7ccc(Oc8c(F)ccc(NSN(C)CC)c8C#N)cc7n5)CO6)C4)C3)c(F)cc12. The van der Waals surface area contributed by atoms with Gasteiger partial charge in [-0.2, -0.15) is 10.4 Å². The number of imide groups is 1. The van der Waals surface area contributed by atoms with E-state index in [2.05, 4.69) is 31.0 Å². The maximum absolute atomic E-state index is 15.7. The summed E-state index contributed by atoms with van der Waals surface area (Å²) in [5.41, 5.74) is 3.90. The van der Waals surface area contributed by atoms with Crippen molar-refractivity contribution in [2.24, 2.45) is 12.5 Å². The molecule has 9 rings (SSSR count). The highest BCUT2D eigenvalue weighted by atomic mass is 32.2. The molecule has 1 unspecified atom stereocenters. The average molecular weight is 880 g/mol. The van der Waals surface area contributed by atoms with Crippen LogP contribution in [0, 0.1) is 28.4 Å². The molecule has 15 nitrogen and oxygen atoms in total. The largest absolute Gasteiger partial charge is 0.453 e. The third-order valence-electron chi connectivity index (χ3n) is 13.3. The summed E-state index contributed by atoms with van der Waals surface area (Å²) in [6, 6.07) is 13.3. The smallest absolute Gasteiger partial charge is 0.329 e. The molecule has 2 N–H and O–H groups in total. The van der Waals surface area contributed by atoms with Crippen molar-refractivity contribution in [2.45, 2.75) is 69.9 Å². The van der Waals surface area contributed by atoms with Gasteiger partial charge in [-0.25, -0.2) is 22.9 Å². The lowest BCUT2D eigenvalue weighted by Gasteiger charge is -2.62. The van der Waals surface area contributed by atoms with E-state index < -0.39 is 11.8 Å². The molecule has 1 atom stereocenters. The van der Waals surface area contributed by atoms with Crippen molar-refractivity contribution in [3.8, 4) is 17.6 Å². The number of rotatable bonds is 13. The number of hydrogen-bond acceptors (Lipinski definition) is 13. The highest BCUT2D eigenvalue weighted by Crippen LogP contribution is 2.53. The van der Waals surface area contributed by atoms with Gasteiger partial charge in [-0.1, -0.05) is 13.8 Å². The number of nitrogens with one attached hydrogen (secondary N) is 2. The molecule has 0 bridgehead atoms. The summed E-state index contributed by atoms with van der Waals surface area (Å²) in [6.45, 7) is 9.10. The van der Waals surface area contributed by atoms with E-state index in [1.165, 1.54) is 35.2 Å². The van der Waals surface area contributed by atoms with Crippen LogP contribution in [-0.4, -0.2) is 106 Å². The van der Waals surface area contributed by atoms with Crippen LogP contribution < -0.4 is 24.6 Å². The van der Waals surface area contributed by atoms with Crippen LogP contribution in [0.5, 0.6) is 11.5 Å². The second-order valence-electron chi connectivity index (χ2n) is 17.4. The first-order valence-corrected chi connectivity index (χ1v) is 22.3. The Morgan fingerprint density at radius 1 is 1.10 bits per heavy atom. The van der Waals surface area contributed by atoms with Crippen LogP contribution in [0.25, 0.3) is 21.9 Å². The van der Waals surface area contributed by atoms with Crippen LogP contribution in [0.2, 0.25) is 0 Å². The number of nitriles is 1. The lowest BCUT2D eigenvalue weighted by Crippen LogP contribution is -2.67. The molecule has 2 aromatic heterocycles. The Hall–Kier alpha value is -5.61. The van der Waals surface area contributed by atoms with Crippen molar-refractivity contribution in [3.63, 3.8) is 0 Å². The van der Waals surface area contributed by atoms with Gasteiger partial charge in [0.1, 0.15) is 23.2 Å². The van der Waals surface area contributed by atoms with E-state index >= 15 is 8.78 Å². The van der Waals surface area contributed by atoms with E-state index in [1.807, 2.05) is 37.5 Å². The van der Waals surface area contributed by atoms with E-state index in [9.17, 15) is 14.9 Å². The predicted octanol–water partition coefficient (Wildman–Crippen LogP) is 7.48. The van der Waals surface area contributed by atoms with Crippen molar-refractivity contribution in [2.75, 3.05) is 67.4 Å². The first kappa shape index (κ1) is 42.7. The zero-order valence-corrected chi connectivity index (χ0v) is 36.7. The predicted molar refractivity (Wildman–Crippen MR) is 238 cm³/mol. The van der Waals surface area contributed by atoms with Gasteiger partial charge >= 0.3 is 6.03 Å².